The number of hydrogen-bond acceptors (Lipinski definition) is 4. The van der Waals surface area contributed by atoms with E-state index in [1.807, 2.05) is 6.92 Å². The van der Waals surface area contributed by atoms with Gasteiger partial charge in [0.25, 0.3) is 0 Å². The standard InChI is InChI=1S/C11H15NO4/c1-9-4-5-10(12(14)15)11(8-9)16-7-3-2-6-13/h4-5,8,13H,2-3,6-7H2,1H3. The van der Waals surface area contributed by atoms with Crippen molar-refractivity contribution in [3.8, 4) is 5.75 Å². The van der Waals surface area contributed by atoms with Crippen molar-refractivity contribution in [1.29, 1.82) is 0 Å². The van der Waals surface area contributed by atoms with Gasteiger partial charge < -0.3 is 9.84 Å². The summed E-state index contributed by atoms with van der Waals surface area (Å²) in [6.45, 7) is 2.34. The monoisotopic (exact) mass is 225 g/mol. The summed E-state index contributed by atoms with van der Waals surface area (Å²) >= 11 is 0. The van der Waals surface area contributed by atoms with Crippen molar-refractivity contribution in [2.75, 3.05) is 13.2 Å². The van der Waals surface area contributed by atoms with Gasteiger partial charge in [-0.1, -0.05) is 6.07 Å². The second-order valence-electron chi connectivity index (χ2n) is 3.51. The van der Waals surface area contributed by atoms with Gasteiger partial charge in [-0.3, -0.25) is 10.1 Å². The van der Waals surface area contributed by atoms with Crippen LogP contribution in [0, 0.1) is 17.0 Å². The van der Waals surface area contributed by atoms with Crippen molar-refractivity contribution < 1.29 is 14.8 Å². The SMILES string of the molecule is Cc1ccc([N+](=O)[O-])c(OCCCCO)c1. The molecule has 16 heavy (non-hydrogen) atoms. The van der Waals surface area contributed by atoms with Crippen molar-refractivity contribution in [1.82, 2.24) is 0 Å². The summed E-state index contributed by atoms with van der Waals surface area (Å²) in [5, 5.41) is 19.3. The van der Waals surface area contributed by atoms with Gasteiger partial charge in [0.1, 0.15) is 0 Å². The highest BCUT2D eigenvalue weighted by molar-refractivity contribution is 5.48. The summed E-state index contributed by atoms with van der Waals surface area (Å²) in [6.07, 6.45) is 1.32. The van der Waals surface area contributed by atoms with Gasteiger partial charge in [0.05, 0.1) is 11.5 Å². The highest BCUT2D eigenvalue weighted by Crippen LogP contribution is 2.27. The normalized spacial score (nSPS) is 10.1. The molecule has 0 heterocycles. The van der Waals surface area contributed by atoms with Gasteiger partial charge in [-0.05, 0) is 31.4 Å². The van der Waals surface area contributed by atoms with Crippen LogP contribution < -0.4 is 4.74 Å². The third-order valence-electron chi connectivity index (χ3n) is 2.12. The minimum atomic E-state index is -0.458. The largest absolute Gasteiger partial charge is 0.487 e. The molecule has 0 spiro atoms. The first-order valence-electron chi connectivity index (χ1n) is 5.14. The molecule has 0 unspecified atom stereocenters. The number of nitrogens with zero attached hydrogens (tertiary/aromatic N) is 1. The second kappa shape index (κ2) is 6.07. The molecule has 1 aromatic rings. The number of aliphatic hydroxyl groups is 1. The molecule has 0 aliphatic rings. The van der Waals surface area contributed by atoms with Gasteiger partial charge in [0, 0.05) is 12.7 Å². The Morgan fingerprint density at radius 3 is 2.81 bits per heavy atom. The van der Waals surface area contributed by atoms with E-state index in [1.165, 1.54) is 6.07 Å². The molecule has 1 N–H and O–H groups in total. The predicted molar refractivity (Wildman–Crippen MR) is 59.6 cm³/mol. The zero-order valence-corrected chi connectivity index (χ0v) is 9.18. The Kier molecular flexibility index (Phi) is 4.72. The van der Waals surface area contributed by atoms with E-state index in [0.29, 0.717) is 25.2 Å². The maximum absolute atomic E-state index is 10.7. The fraction of sp³-hybridized carbons (Fsp3) is 0.455. The molecule has 0 aliphatic carbocycles. The van der Waals surface area contributed by atoms with E-state index in [2.05, 4.69) is 0 Å². The summed E-state index contributed by atoms with van der Waals surface area (Å²) < 4.78 is 5.33. The molecule has 1 rings (SSSR count). The molecule has 0 saturated heterocycles. The highest BCUT2D eigenvalue weighted by atomic mass is 16.6. The van der Waals surface area contributed by atoms with E-state index in [1.54, 1.807) is 12.1 Å². The molecule has 5 nitrogen and oxygen atoms in total. The topological polar surface area (TPSA) is 72.6 Å². The predicted octanol–water partition coefficient (Wildman–Crippen LogP) is 2.05. The number of aryl methyl sites for hydroxylation is 1. The number of hydrogen-bond donors (Lipinski definition) is 1. The average Bonchev–Trinajstić information content (AvgIpc) is 2.24. The molecular weight excluding hydrogens is 210 g/mol. The van der Waals surface area contributed by atoms with Crippen LogP contribution in [-0.4, -0.2) is 23.2 Å². The average molecular weight is 225 g/mol. The van der Waals surface area contributed by atoms with Crippen molar-refractivity contribution in [2.24, 2.45) is 0 Å². The first-order valence-corrected chi connectivity index (χ1v) is 5.14. The lowest BCUT2D eigenvalue weighted by Gasteiger charge is -2.06. The van der Waals surface area contributed by atoms with Gasteiger partial charge in [-0.15, -0.1) is 0 Å². The van der Waals surface area contributed by atoms with Crippen molar-refractivity contribution in [3.05, 3.63) is 33.9 Å². The lowest BCUT2D eigenvalue weighted by molar-refractivity contribution is -0.385. The first-order chi connectivity index (χ1) is 7.65. The molecule has 0 atom stereocenters. The quantitative estimate of drug-likeness (QED) is 0.457. The molecular formula is C11H15NO4. The third-order valence-corrected chi connectivity index (χ3v) is 2.12. The van der Waals surface area contributed by atoms with Crippen molar-refractivity contribution in [2.45, 2.75) is 19.8 Å². The van der Waals surface area contributed by atoms with Gasteiger partial charge in [0.15, 0.2) is 5.75 Å². The summed E-state index contributed by atoms with van der Waals surface area (Å²) in [5.41, 5.74) is 0.900. The van der Waals surface area contributed by atoms with Gasteiger partial charge in [-0.2, -0.15) is 0 Å². The lowest BCUT2D eigenvalue weighted by Crippen LogP contribution is -2.01. The fourth-order valence-corrected chi connectivity index (χ4v) is 1.28. The molecule has 0 radical (unpaired) electrons. The number of nitro groups is 1. The Morgan fingerprint density at radius 1 is 1.44 bits per heavy atom. The van der Waals surface area contributed by atoms with E-state index in [-0.39, 0.29) is 12.3 Å². The van der Waals surface area contributed by atoms with Crippen LogP contribution in [-0.2, 0) is 0 Å². The minimum Gasteiger partial charge on any atom is -0.487 e. The van der Waals surface area contributed by atoms with Gasteiger partial charge >= 0.3 is 5.69 Å². The Bertz CT molecular complexity index is 365. The number of nitro benzene ring substituents is 1. The van der Waals surface area contributed by atoms with Crippen molar-refractivity contribution in [3.63, 3.8) is 0 Å². The Labute approximate surface area is 93.8 Å². The summed E-state index contributed by atoms with van der Waals surface area (Å²) in [4.78, 5) is 10.2. The van der Waals surface area contributed by atoms with Crippen LogP contribution in [0.5, 0.6) is 5.75 Å². The Balaban J connectivity index is 2.68. The molecule has 0 aliphatic heterocycles. The number of ether oxygens (including phenoxy) is 1. The van der Waals surface area contributed by atoms with E-state index in [9.17, 15) is 10.1 Å². The van der Waals surface area contributed by atoms with Crippen LogP contribution >= 0.6 is 0 Å². The third kappa shape index (κ3) is 3.51. The van der Waals surface area contributed by atoms with E-state index in [4.69, 9.17) is 9.84 Å². The first kappa shape index (κ1) is 12.4. The maximum atomic E-state index is 10.7. The molecule has 0 fully saturated rings. The Morgan fingerprint density at radius 2 is 2.19 bits per heavy atom. The van der Waals surface area contributed by atoms with Crippen LogP contribution in [0.1, 0.15) is 18.4 Å². The molecule has 0 amide bonds. The van der Waals surface area contributed by atoms with Gasteiger partial charge in [0.2, 0.25) is 0 Å². The number of aliphatic hydroxyl groups excluding tert-OH is 1. The zero-order valence-electron chi connectivity index (χ0n) is 9.18. The molecule has 0 bridgehead atoms. The number of benzene rings is 1. The van der Waals surface area contributed by atoms with E-state index >= 15 is 0 Å². The molecule has 1 aromatic carbocycles. The van der Waals surface area contributed by atoms with Gasteiger partial charge in [-0.25, -0.2) is 0 Å². The molecule has 0 saturated carbocycles. The summed E-state index contributed by atoms with van der Waals surface area (Å²) in [5.74, 6) is 0.294. The summed E-state index contributed by atoms with van der Waals surface area (Å²) in [6, 6.07) is 4.77. The Hall–Kier alpha value is -1.62. The maximum Gasteiger partial charge on any atom is 0.310 e. The lowest BCUT2D eigenvalue weighted by atomic mass is 10.2. The molecule has 0 aromatic heterocycles. The molecule has 88 valence electrons. The second-order valence-corrected chi connectivity index (χ2v) is 3.51. The number of rotatable bonds is 6. The van der Waals surface area contributed by atoms with Crippen molar-refractivity contribution >= 4 is 5.69 Å². The molecule has 5 heteroatoms. The highest BCUT2D eigenvalue weighted by Gasteiger charge is 2.14. The van der Waals surface area contributed by atoms with Crippen LogP contribution in [0.15, 0.2) is 18.2 Å². The fourth-order valence-electron chi connectivity index (χ4n) is 1.28. The minimum absolute atomic E-state index is 0.0189. The van der Waals surface area contributed by atoms with Crippen LogP contribution in [0.25, 0.3) is 0 Å². The zero-order chi connectivity index (χ0) is 12.0. The van der Waals surface area contributed by atoms with E-state index < -0.39 is 4.92 Å². The van der Waals surface area contributed by atoms with Crippen LogP contribution in [0.3, 0.4) is 0 Å². The van der Waals surface area contributed by atoms with Crippen LogP contribution in [0.4, 0.5) is 5.69 Å². The summed E-state index contributed by atoms with van der Waals surface area (Å²) in [7, 11) is 0. The van der Waals surface area contributed by atoms with E-state index in [0.717, 1.165) is 5.56 Å². The smallest absolute Gasteiger partial charge is 0.310 e. The van der Waals surface area contributed by atoms with Crippen LogP contribution in [0.2, 0.25) is 0 Å². The number of unbranched alkanes of at least 4 members (excludes halogenated alkanes) is 1.